The summed E-state index contributed by atoms with van der Waals surface area (Å²) >= 11 is 0. The fourth-order valence-corrected chi connectivity index (χ4v) is 2.23. The molecule has 0 atom stereocenters. The highest BCUT2D eigenvalue weighted by molar-refractivity contribution is 5.71. The summed E-state index contributed by atoms with van der Waals surface area (Å²) in [7, 11) is 0. The summed E-state index contributed by atoms with van der Waals surface area (Å²) < 4.78 is 14.8. The standard InChI is InChI=1S/C16H13FN2O3/c1-11-16(20)19(15-8-3-2-7-14(15)18(11)21)22-10-12-5-4-6-13(17)9-12/h2-9H,10H2,1H3. The largest absolute Gasteiger partial charge is 0.618 e. The lowest BCUT2D eigenvalue weighted by Crippen LogP contribution is -2.43. The molecular weight excluding hydrogens is 287 g/mol. The second kappa shape index (κ2) is 5.48. The van der Waals surface area contributed by atoms with Gasteiger partial charge in [-0.1, -0.05) is 24.3 Å². The first-order chi connectivity index (χ1) is 10.6. The van der Waals surface area contributed by atoms with Crippen molar-refractivity contribution in [3.8, 4) is 0 Å². The molecule has 0 spiro atoms. The zero-order chi connectivity index (χ0) is 15.7. The van der Waals surface area contributed by atoms with Crippen molar-refractivity contribution in [1.82, 2.24) is 4.73 Å². The number of hydrogen-bond acceptors (Lipinski definition) is 3. The monoisotopic (exact) mass is 300 g/mol. The molecule has 0 unspecified atom stereocenters. The SMILES string of the molecule is Cc1c(=O)n(OCc2cccc(F)c2)c2ccccc2[n+]1[O-]. The Morgan fingerprint density at radius 2 is 2.00 bits per heavy atom. The van der Waals surface area contributed by atoms with Crippen LogP contribution in [0.2, 0.25) is 0 Å². The van der Waals surface area contributed by atoms with Crippen molar-refractivity contribution in [2.45, 2.75) is 13.5 Å². The van der Waals surface area contributed by atoms with E-state index in [0.717, 1.165) is 4.73 Å². The van der Waals surface area contributed by atoms with Crippen LogP contribution in [0.15, 0.2) is 53.3 Å². The van der Waals surface area contributed by atoms with E-state index in [2.05, 4.69) is 0 Å². The van der Waals surface area contributed by atoms with Crippen LogP contribution in [0.5, 0.6) is 0 Å². The molecule has 0 amide bonds. The first kappa shape index (κ1) is 14.1. The maximum absolute atomic E-state index is 13.2. The van der Waals surface area contributed by atoms with Crippen molar-refractivity contribution in [1.29, 1.82) is 0 Å². The molecule has 2 aromatic carbocycles. The van der Waals surface area contributed by atoms with Gasteiger partial charge in [0.15, 0.2) is 5.52 Å². The molecule has 0 N–H and O–H groups in total. The summed E-state index contributed by atoms with van der Waals surface area (Å²) in [6.07, 6.45) is 0. The lowest BCUT2D eigenvalue weighted by molar-refractivity contribution is -0.586. The summed E-state index contributed by atoms with van der Waals surface area (Å²) in [6, 6.07) is 12.6. The maximum Gasteiger partial charge on any atom is 0.352 e. The number of rotatable bonds is 3. The Bertz CT molecular complexity index is 906. The molecule has 112 valence electrons. The van der Waals surface area contributed by atoms with Crippen molar-refractivity contribution in [3.63, 3.8) is 0 Å². The predicted octanol–water partition coefficient (Wildman–Crippen LogP) is 1.71. The van der Waals surface area contributed by atoms with Gasteiger partial charge in [0, 0.05) is 13.0 Å². The van der Waals surface area contributed by atoms with Crippen molar-refractivity contribution < 1.29 is 14.0 Å². The smallest absolute Gasteiger partial charge is 0.352 e. The van der Waals surface area contributed by atoms with Gasteiger partial charge in [-0.3, -0.25) is 4.79 Å². The summed E-state index contributed by atoms with van der Waals surface area (Å²) in [5, 5.41) is 12.0. The van der Waals surface area contributed by atoms with E-state index in [1.54, 1.807) is 36.4 Å². The van der Waals surface area contributed by atoms with Crippen molar-refractivity contribution in [2.24, 2.45) is 0 Å². The Balaban J connectivity index is 2.05. The zero-order valence-electron chi connectivity index (χ0n) is 11.8. The van der Waals surface area contributed by atoms with Gasteiger partial charge < -0.3 is 10.0 Å². The van der Waals surface area contributed by atoms with Gasteiger partial charge in [0.1, 0.15) is 12.4 Å². The van der Waals surface area contributed by atoms with Crippen LogP contribution in [-0.4, -0.2) is 4.73 Å². The molecule has 1 aromatic heterocycles. The Morgan fingerprint density at radius 3 is 2.77 bits per heavy atom. The van der Waals surface area contributed by atoms with E-state index in [0.29, 0.717) is 21.3 Å². The Kier molecular flexibility index (Phi) is 3.50. The van der Waals surface area contributed by atoms with E-state index >= 15 is 0 Å². The molecule has 5 nitrogen and oxygen atoms in total. The topological polar surface area (TPSA) is 58.2 Å². The average molecular weight is 300 g/mol. The second-order valence-electron chi connectivity index (χ2n) is 4.87. The molecule has 0 aliphatic carbocycles. The van der Waals surface area contributed by atoms with Crippen LogP contribution in [0.25, 0.3) is 11.0 Å². The van der Waals surface area contributed by atoms with Crippen molar-refractivity contribution in [2.75, 3.05) is 0 Å². The highest BCUT2D eigenvalue weighted by Gasteiger charge is 2.17. The fraction of sp³-hybridized carbons (Fsp3) is 0.125. The van der Waals surface area contributed by atoms with Crippen LogP contribution >= 0.6 is 0 Å². The molecule has 0 aliphatic rings. The molecule has 1 heterocycles. The molecule has 0 saturated carbocycles. The third-order valence-corrected chi connectivity index (χ3v) is 3.37. The van der Waals surface area contributed by atoms with Crippen LogP contribution in [0.4, 0.5) is 4.39 Å². The highest BCUT2D eigenvalue weighted by atomic mass is 19.1. The second-order valence-corrected chi connectivity index (χ2v) is 4.87. The zero-order valence-corrected chi connectivity index (χ0v) is 11.8. The first-order valence-electron chi connectivity index (χ1n) is 6.69. The predicted molar refractivity (Wildman–Crippen MR) is 78.6 cm³/mol. The molecule has 22 heavy (non-hydrogen) atoms. The van der Waals surface area contributed by atoms with Gasteiger partial charge >= 0.3 is 5.56 Å². The Labute approximate surface area is 125 Å². The number of benzene rings is 2. The summed E-state index contributed by atoms with van der Waals surface area (Å²) in [5.41, 5.74) is 0.763. The molecule has 0 saturated heterocycles. The average Bonchev–Trinajstić information content (AvgIpc) is 2.53. The van der Waals surface area contributed by atoms with Gasteiger partial charge in [0.2, 0.25) is 5.52 Å². The van der Waals surface area contributed by atoms with E-state index in [9.17, 15) is 14.4 Å². The van der Waals surface area contributed by atoms with Crippen LogP contribution < -0.4 is 15.1 Å². The van der Waals surface area contributed by atoms with Gasteiger partial charge in [0.05, 0.1) is 0 Å². The van der Waals surface area contributed by atoms with Gasteiger partial charge in [-0.2, -0.15) is 4.73 Å². The number of halogens is 1. The summed E-state index contributed by atoms with van der Waals surface area (Å²) in [6.45, 7) is 1.45. The van der Waals surface area contributed by atoms with Gasteiger partial charge in [-0.05, 0) is 23.8 Å². The first-order valence-corrected chi connectivity index (χ1v) is 6.69. The van der Waals surface area contributed by atoms with E-state index in [4.69, 9.17) is 4.84 Å². The lowest BCUT2D eigenvalue weighted by atomic mass is 10.2. The van der Waals surface area contributed by atoms with Crippen LogP contribution in [0.3, 0.4) is 0 Å². The number of nitrogens with zero attached hydrogens (tertiary/aromatic N) is 2. The van der Waals surface area contributed by atoms with E-state index in [1.807, 2.05) is 0 Å². The number of hydrogen-bond donors (Lipinski definition) is 0. The minimum atomic E-state index is -0.537. The molecule has 0 fully saturated rings. The molecule has 3 rings (SSSR count). The highest BCUT2D eigenvalue weighted by Crippen LogP contribution is 2.09. The van der Waals surface area contributed by atoms with E-state index in [-0.39, 0.29) is 18.1 Å². The minimum absolute atomic E-state index is 0.0120. The van der Waals surface area contributed by atoms with E-state index < -0.39 is 5.56 Å². The molecule has 0 radical (unpaired) electrons. The molecule has 0 bridgehead atoms. The molecule has 0 aliphatic heterocycles. The Hall–Kier alpha value is -2.89. The van der Waals surface area contributed by atoms with Crippen molar-refractivity contribution >= 4 is 11.0 Å². The van der Waals surface area contributed by atoms with Crippen molar-refractivity contribution in [3.05, 3.63) is 81.2 Å². The number of aromatic nitrogens is 2. The molecule has 3 aromatic rings. The maximum atomic E-state index is 13.2. The summed E-state index contributed by atoms with van der Waals surface area (Å²) in [5.74, 6) is -0.375. The quantitative estimate of drug-likeness (QED) is 0.546. The lowest BCUT2D eigenvalue weighted by Gasteiger charge is -2.13. The van der Waals surface area contributed by atoms with Gasteiger partial charge in [-0.15, -0.1) is 4.73 Å². The fourth-order valence-electron chi connectivity index (χ4n) is 2.23. The van der Waals surface area contributed by atoms with Crippen LogP contribution in [0, 0.1) is 17.9 Å². The van der Waals surface area contributed by atoms with E-state index in [1.165, 1.54) is 19.1 Å². The Morgan fingerprint density at radius 1 is 1.23 bits per heavy atom. The third-order valence-electron chi connectivity index (χ3n) is 3.37. The van der Waals surface area contributed by atoms with Crippen LogP contribution in [0.1, 0.15) is 11.3 Å². The minimum Gasteiger partial charge on any atom is -0.618 e. The number of para-hydroxylation sites is 2. The van der Waals surface area contributed by atoms with Crippen LogP contribution in [-0.2, 0) is 6.61 Å². The third kappa shape index (κ3) is 2.39. The van der Waals surface area contributed by atoms with Gasteiger partial charge in [0.25, 0.3) is 5.69 Å². The normalized spacial score (nSPS) is 10.8. The summed E-state index contributed by atoms with van der Waals surface area (Å²) in [4.78, 5) is 17.7. The molecular formula is C16H13FN2O3. The number of fused-ring (bicyclic) bond motifs is 1. The van der Waals surface area contributed by atoms with Gasteiger partial charge in [-0.25, -0.2) is 4.39 Å². The molecule has 6 heteroatoms.